The molecule has 8 heteroatoms. The van der Waals surface area contributed by atoms with Gasteiger partial charge in [-0.3, -0.25) is 14.5 Å². The predicted molar refractivity (Wildman–Crippen MR) is 140 cm³/mol. The molecule has 192 valence electrons. The molecule has 3 aromatic carbocycles. The van der Waals surface area contributed by atoms with E-state index in [0.29, 0.717) is 46.4 Å². The first-order chi connectivity index (χ1) is 17.9. The molecular formula is C29H29NO7. The average Bonchev–Trinajstić information content (AvgIpc) is 3.21. The number of aliphatic hydroxyl groups is 1. The molecule has 1 N–H and O–H groups in total. The highest BCUT2D eigenvalue weighted by Crippen LogP contribution is 2.43. The number of ether oxygens (including phenoxy) is 4. The van der Waals surface area contributed by atoms with E-state index in [2.05, 4.69) is 0 Å². The first kappa shape index (κ1) is 25.6. The zero-order valence-electron chi connectivity index (χ0n) is 21.2. The van der Waals surface area contributed by atoms with E-state index < -0.39 is 17.7 Å². The Balaban J connectivity index is 1.89. The van der Waals surface area contributed by atoms with Crippen molar-refractivity contribution in [3.05, 3.63) is 83.4 Å². The fourth-order valence-corrected chi connectivity index (χ4v) is 4.28. The monoisotopic (exact) mass is 503 g/mol. The highest BCUT2D eigenvalue weighted by molar-refractivity contribution is 6.51. The molecule has 1 saturated heterocycles. The summed E-state index contributed by atoms with van der Waals surface area (Å²) in [4.78, 5) is 28.2. The van der Waals surface area contributed by atoms with Crippen LogP contribution in [0.15, 0.2) is 72.3 Å². The van der Waals surface area contributed by atoms with Crippen LogP contribution in [-0.4, -0.2) is 44.7 Å². The Bertz CT molecular complexity index is 1330. The summed E-state index contributed by atoms with van der Waals surface area (Å²) in [5.74, 6) is 0.168. The number of hydrogen-bond acceptors (Lipinski definition) is 7. The summed E-state index contributed by atoms with van der Waals surface area (Å²) < 4.78 is 21.7. The van der Waals surface area contributed by atoms with E-state index >= 15 is 0 Å². The fraction of sp³-hybridized carbons (Fsp3) is 0.241. The maximum atomic E-state index is 13.4. The van der Waals surface area contributed by atoms with E-state index in [-0.39, 0.29) is 11.3 Å². The van der Waals surface area contributed by atoms with Crippen LogP contribution in [0.3, 0.4) is 0 Å². The molecule has 0 aromatic heterocycles. The van der Waals surface area contributed by atoms with Crippen LogP contribution in [-0.2, 0) is 9.59 Å². The summed E-state index contributed by atoms with van der Waals surface area (Å²) in [5.41, 5.74) is 1.37. The predicted octanol–water partition coefficient (Wildman–Crippen LogP) is 5.13. The number of amides is 1. The molecular weight excluding hydrogens is 474 g/mol. The van der Waals surface area contributed by atoms with Crippen LogP contribution in [0.4, 0.5) is 5.69 Å². The number of carbonyl (C=O) groups excluding carboxylic acids is 2. The van der Waals surface area contributed by atoms with Gasteiger partial charge in [0, 0.05) is 17.3 Å². The second kappa shape index (κ2) is 11.1. The van der Waals surface area contributed by atoms with Gasteiger partial charge in [-0.25, -0.2) is 0 Å². The maximum Gasteiger partial charge on any atom is 0.300 e. The summed E-state index contributed by atoms with van der Waals surface area (Å²) in [6.45, 7) is 2.59. The van der Waals surface area contributed by atoms with Gasteiger partial charge in [0.25, 0.3) is 11.7 Å². The van der Waals surface area contributed by atoms with Crippen molar-refractivity contribution in [1.82, 2.24) is 0 Å². The van der Waals surface area contributed by atoms with Gasteiger partial charge in [-0.15, -0.1) is 0 Å². The molecule has 1 aliphatic rings. The van der Waals surface area contributed by atoms with Crippen molar-refractivity contribution in [2.75, 3.05) is 32.8 Å². The minimum absolute atomic E-state index is 0.0396. The number of hydrogen-bond donors (Lipinski definition) is 1. The van der Waals surface area contributed by atoms with Crippen LogP contribution in [0.25, 0.3) is 5.76 Å². The Labute approximate surface area is 215 Å². The minimum Gasteiger partial charge on any atom is -0.507 e. The number of anilines is 1. The van der Waals surface area contributed by atoms with Crippen molar-refractivity contribution in [2.24, 2.45) is 0 Å². The van der Waals surface area contributed by atoms with Crippen LogP contribution in [0.5, 0.6) is 23.0 Å². The van der Waals surface area contributed by atoms with Crippen molar-refractivity contribution in [2.45, 2.75) is 19.4 Å². The normalized spacial score (nSPS) is 16.5. The van der Waals surface area contributed by atoms with Gasteiger partial charge in [-0.1, -0.05) is 25.1 Å². The number of aliphatic hydroxyl groups excluding tert-OH is 1. The molecule has 4 rings (SSSR count). The van der Waals surface area contributed by atoms with Gasteiger partial charge in [0.1, 0.15) is 17.3 Å². The van der Waals surface area contributed by atoms with Crippen molar-refractivity contribution in [1.29, 1.82) is 0 Å². The van der Waals surface area contributed by atoms with Gasteiger partial charge in [-0.2, -0.15) is 0 Å². The molecule has 0 aliphatic carbocycles. The molecule has 1 aliphatic heterocycles. The first-order valence-corrected chi connectivity index (χ1v) is 11.8. The lowest BCUT2D eigenvalue weighted by molar-refractivity contribution is -0.132. The molecule has 1 fully saturated rings. The highest BCUT2D eigenvalue weighted by Gasteiger charge is 2.47. The number of methoxy groups -OCH3 is 3. The van der Waals surface area contributed by atoms with E-state index in [1.54, 1.807) is 66.7 Å². The molecule has 0 bridgehead atoms. The molecule has 37 heavy (non-hydrogen) atoms. The number of rotatable bonds is 9. The van der Waals surface area contributed by atoms with Gasteiger partial charge < -0.3 is 24.1 Å². The second-order valence-corrected chi connectivity index (χ2v) is 8.36. The van der Waals surface area contributed by atoms with Gasteiger partial charge in [0.05, 0.1) is 39.6 Å². The van der Waals surface area contributed by atoms with Crippen LogP contribution < -0.4 is 23.8 Å². The average molecular weight is 504 g/mol. The summed E-state index contributed by atoms with van der Waals surface area (Å²) in [7, 11) is 4.51. The third kappa shape index (κ3) is 4.95. The SMILES string of the molecule is CCCOc1ccc(C2/C(=C(\O)c3ccc(OC)c(OC)c3)C(=O)C(=O)N2c2cccc(OC)c2)cc1. The van der Waals surface area contributed by atoms with E-state index in [9.17, 15) is 14.7 Å². The standard InChI is InChI=1S/C29H29NO7/c1-5-15-37-21-12-9-18(10-13-21)26-25(27(31)19-11-14-23(35-3)24(16-19)36-4)28(32)29(33)30(26)20-7-6-8-22(17-20)34-2/h6-14,16-17,26,31H,5,15H2,1-4H3/b27-25+. The quantitative estimate of drug-likeness (QED) is 0.246. The van der Waals surface area contributed by atoms with Gasteiger partial charge >= 0.3 is 0 Å². The lowest BCUT2D eigenvalue weighted by atomic mass is 9.95. The Hall–Kier alpha value is -4.46. The van der Waals surface area contributed by atoms with Crippen molar-refractivity contribution in [3.63, 3.8) is 0 Å². The van der Waals surface area contributed by atoms with Crippen LogP contribution >= 0.6 is 0 Å². The van der Waals surface area contributed by atoms with E-state index in [0.717, 1.165) is 6.42 Å². The zero-order valence-corrected chi connectivity index (χ0v) is 21.2. The molecule has 1 amide bonds. The third-order valence-electron chi connectivity index (χ3n) is 6.10. The molecule has 0 saturated carbocycles. The summed E-state index contributed by atoms with van der Waals surface area (Å²) in [6, 6.07) is 17.9. The first-order valence-electron chi connectivity index (χ1n) is 11.8. The molecule has 0 spiro atoms. The largest absolute Gasteiger partial charge is 0.507 e. The highest BCUT2D eigenvalue weighted by atomic mass is 16.5. The molecule has 1 heterocycles. The third-order valence-corrected chi connectivity index (χ3v) is 6.10. The zero-order chi connectivity index (χ0) is 26.5. The molecule has 1 unspecified atom stereocenters. The number of Topliss-reactive ketones (excluding diaryl/α,β-unsaturated/α-hetero) is 1. The summed E-state index contributed by atoms with van der Waals surface area (Å²) >= 11 is 0. The lowest BCUT2D eigenvalue weighted by Crippen LogP contribution is -2.29. The van der Waals surface area contributed by atoms with Crippen LogP contribution in [0.1, 0.15) is 30.5 Å². The van der Waals surface area contributed by atoms with Gasteiger partial charge in [-0.05, 0) is 54.4 Å². The minimum atomic E-state index is -0.888. The van der Waals surface area contributed by atoms with E-state index in [1.165, 1.54) is 26.2 Å². The Morgan fingerprint density at radius 3 is 2.24 bits per heavy atom. The fourth-order valence-electron chi connectivity index (χ4n) is 4.28. The number of benzene rings is 3. The Morgan fingerprint density at radius 1 is 0.865 bits per heavy atom. The maximum absolute atomic E-state index is 13.4. The van der Waals surface area contributed by atoms with E-state index in [1.807, 2.05) is 6.92 Å². The molecule has 8 nitrogen and oxygen atoms in total. The number of nitrogens with zero attached hydrogens (tertiary/aromatic N) is 1. The smallest absolute Gasteiger partial charge is 0.300 e. The lowest BCUT2D eigenvalue weighted by Gasteiger charge is -2.26. The van der Waals surface area contributed by atoms with E-state index in [4.69, 9.17) is 18.9 Å². The van der Waals surface area contributed by atoms with Gasteiger partial charge in [0.15, 0.2) is 11.5 Å². The van der Waals surface area contributed by atoms with Crippen molar-refractivity contribution < 1.29 is 33.6 Å². The number of ketones is 1. The summed E-state index contributed by atoms with van der Waals surface area (Å²) in [5, 5.41) is 11.4. The number of carbonyl (C=O) groups is 2. The second-order valence-electron chi connectivity index (χ2n) is 8.36. The van der Waals surface area contributed by atoms with Gasteiger partial charge in [0.2, 0.25) is 0 Å². The topological polar surface area (TPSA) is 94.5 Å². The molecule has 1 atom stereocenters. The Morgan fingerprint density at radius 2 is 1.59 bits per heavy atom. The van der Waals surface area contributed by atoms with Crippen LogP contribution in [0.2, 0.25) is 0 Å². The molecule has 0 radical (unpaired) electrons. The van der Waals surface area contributed by atoms with Crippen molar-refractivity contribution >= 4 is 23.1 Å². The Kier molecular flexibility index (Phi) is 7.67. The van der Waals surface area contributed by atoms with Crippen molar-refractivity contribution in [3.8, 4) is 23.0 Å². The summed E-state index contributed by atoms with van der Waals surface area (Å²) in [6.07, 6.45) is 0.864. The van der Waals surface area contributed by atoms with Crippen LogP contribution in [0, 0.1) is 0 Å². The molecule has 3 aromatic rings.